The quantitative estimate of drug-likeness (QED) is 0.313. The molecule has 0 saturated carbocycles. The molecule has 3 rings (SSSR count). The lowest BCUT2D eigenvalue weighted by molar-refractivity contribution is 0.0676. The number of aromatic nitrogens is 2. The molecule has 2 N–H and O–H groups in total. The number of guanidine groups is 1. The Balaban J connectivity index is 0.00000341. The highest BCUT2D eigenvalue weighted by molar-refractivity contribution is 14.0. The lowest BCUT2D eigenvalue weighted by Crippen LogP contribution is -2.36. The molecule has 9 heteroatoms. The Labute approximate surface area is 201 Å². The minimum absolute atomic E-state index is 0. The van der Waals surface area contributed by atoms with E-state index >= 15 is 0 Å². The molecule has 172 valence electrons. The number of ether oxygens (including phenoxy) is 2. The van der Waals surface area contributed by atoms with Crippen LogP contribution in [0.5, 0.6) is 5.75 Å². The van der Waals surface area contributed by atoms with Crippen molar-refractivity contribution in [3.05, 3.63) is 41.0 Å². The average Bonchev–Trinajstić information content (AvgIpc) is 3.39. The first-order valence-corrected chi connectivity index (χ1v) is 10.5. The fourth-order valence-corrected chi connectivity index (χ4v) is 3.09. The number of rotatable bonds is 7. The molecule has 1 aromatic heterocycles. The molecule has 1 aromatic carbocycles. The van der Waals surface area contributed by atoms with E-state index in [0.29, 0.717) is 37.4 Å². The van der Waals surface area contributed by atoms with Gasteiger partial charge >= 0.3 is 0 Å². The summed E-state index contributed by atoms with van der Waals surface area (Å²) in [6.07, 6.45) is 2.35. The minimum Gasteiger partial charge on any atom is -0.491 e. The topological polar surface area (TPSA) is 93.8 Å². The van der Waals surface area contributed by atoms with Gasteiger partial charge < -0.3 is 24.6 Å². The van der Waals surface area contributed by atoms with Gasteiger partial charge in [0.1, 0.15) is 12.4 Å². The molecular weight excluding hydrogens is 509 g/mol. The number of benzene rings is 1. The summed E-state index contributed by atoms with van der Waals surface area (Å²) < 4.78 is 17.1. The van der Waals surface area contributed by atoms with Gasteiger partial charge in [0.25, 0.3) is 0 Å². The predicted molar refractivity (Wildman–Crippen MR) is 131 cm³/mol. The maximum Gasteiger partial charge on any atom is 0.232 e. The van der Waals surface area contributed by atoms with Gasteiger partial charge in [-0.2, -0.15) is 4.98 Å². The fourth-order valence-electron chi connectivity index (χ4n) is 3.09. The zero-order valence-corrected chi connectivity index (χ0v) is 21.4. The highest BCUT2D eigenvalue weighted by Crippen LogP contribution is 2.22. The standard InChI is InChI=1S/C22H33N5O3.HI/c1-15-8-9-16(18(11-15)29-14-17-7-6-10-28-17)12-24-21(23-5)25-13-19-26-20(30-27-19)22(2,3)4;/h8-9,11,17H,6-7,10,12-14H2,1-5H3,(H2,23,24,25);1H. The van der Waals surface area contributed by atoms with Crippen LogP contribution in [0.15, 0.2) is 27.7 Å². The van der Waals surface area contributed by atoms with E-state index in [9.17, 15) is 0 Å². The molecule has 2 heterocycles. The number of hydrogen-bond acceptors (Lipinski definition) is 6. The first kappa shape index (κ1) is 25.4. The van der Waals surface area contributed by atoms with Crippen molar-refractivity contribution in [2.75, 3.05) is 20.3 Å². The number of halogens is 1. The highest BCUT2D eigenvalue weighted by Gasteiger charge is 2.21. The van der Waals surface area contributed by atoms with Crippen LogP contribution in [0.1, 0.15) is 56.5 Å². The van der Waals surface area contributed by atoms with Gasteiger partial charge in [-0.3, -0.25) is 4.99 Å². The Hall–Kier alpha value is -1.88. The largest absolute Gasteiger partial charge is 0.491 e. The van der Waals surface area contributed by atoms with E-state index in [1.807, 2.05) is 20.8 Å². The van der Waals surface area contributed by atoms with Crippen LogP contribution in [0.3, 0.4) is 0 Å². The van der Waals surface area contributed by atoms with E-state index in [1.54, 1.807) is 7.05 Å². The zero-order valence-electron chi connectivity index (χ0n) is 19.0. The zero-order chi connectivity index (χ0) is 21.6. The maximum absolute atomic E-state index is 6.07. The molecule has 1 aliphatic rings. The molecular formula is C22H34IN5O3. The Bertz CT molecular complexity index is 857. The number of aryl methyl sites for hydroxylation is 1. The third-order valence-corrected chi connectivity index (χ3v) is 4.86. The molecule has 0 amide bonds. The van der Waals surface area contributed by atoms with E-state index < -0.39 is 0 Å². The van der Waals surface area contributed by atoms with Crippen molar-refractivity contribution in [1.82, 2.24) is 20.8 Å². The van der Waals surface area contributed by atoms with Crippen molar-refractivity contribution in [1.29, 1.82) is 0 Å². The number of aliphatic imine (C=N–C) groups is 1. The van der Waals surface area contributed by atoms with Crippen LogP contribution in [0.2, 0.25) is 0 Å². The van der Waals surface area contributed by atoms with Gasteiger partial charge in [-0.15, -0.1) is 24.0 Å². The van der Waals surface area contributed by atoms with Crippen LogP contribution < -0.4 is 15.4 Å². The smallest absolute Gasteiger partial charge is 0.232 e. The molecule has 1 fully saturated rings. The summed E-state index contributed by atoms with van der Waals surface area (Å²) >= 11 is 0. The summed E-state index contributed by atoms with van der Waals surface area (Å²) in [5, 5.41) is 10.6. The minimum atomic E-state index is -0.170. The van der Waals surface area contributed by atoms with Crippen molar-refractivity contribution in [3.8, 4) is 5.75 Å². The number of nitrogens with zero attached hydrogens (tertiary/aromatic N) is 3. The fraction of sp³-hybridized carbons (Fsp3) is 0.591. The van der Waals surface area contributed by atoms with E-state index in [4.69, 9.17) is 14.0 Å². The van der Waals surface area contributed by atoms with Gasteiger partial charge in [0.2, 0.25) is 5.89 Å². The molecule has 0 aliphatic carbocycles. The van der Waals surface area contributed by atoms with Gasteiger partial charge in [-0.05, 0) is 31.4 Å². The lowest BCUT2D eigenvalue weighted by atomic mass is 9.97. The van der Waals surface area contributed by atoms with Crippen molar-refractivity contribution < 1.29 is 14.0 Å². The van der Waals surface area contributed by atoms with Gasteiger partial charge in [-0.25, -0.2) is 0 Å². The SMILES string of the molecule is CN=C(NCc1noc(C(C)(C)C)n1)NCc1ccc(C)cc1OCC1CCCO1.I. The summed E-state index contributed by atoms with van der Waals surface area (Å²) in [5.74, 6) is 2.75. The molecule has 0 spiro atoms. The molecule has 0 bridgehead atoms. The summed E-state index contributed by atoms with van der Waals surface area (Å²) in [6.45, 7) is 10.6. The van der Waals surface area contributed by atoms with Crippen LogP contribution in [0.4, 0.5) is 0 Å². The van der Waals surface area contributed by atoms with E-state index in [-0.39, 0.29) is 35.5 Å². The van der Waals surface area contributed by atoms with Crippen molar-refractivity contribution in [2.45, 2.75) is 65.1 Å². The van der Waals surface area contributed by atoms with Gasteiger partial charge in [-0.1, -0.05) is 38.1 Å². The van der Waals surface area contributed by atoms with Crippen LogP contribution in [0.25, 0.3) is 0 Å². The van der Waals surface area contributed by atoms with E-state index in [2.05, 4.69) is 50.9 Å². The van der Waals surface area contributed by atoms with Crippen LogP contribution >= 0.6 is 24.0 Å². The molecule has 0 radical (unpaired) electrons. The second kappa shape index (κ2) is 11.7. The predicted octanol–water partition coefficient (Wildman–Crippen LogP) is 3.72. The Morgan fingerprint density at radius 3 is 2.68 bits per heavy atom. The Morgan fingerprint density at radius 1 is 1.26 bits per heavy atom. The molecule has 1 atom stereocenters. The molecule has 1 unspecified atom stereocenters. The first-order valence-electron chi connectivity index (χ1n) is 10.5. The van der Waals surface area contributed by atoms with E-state index in [0.717, 1.165) is 36.3 Å². The van der Waals surface area contributed by atoms with Crippen molar-refractivity contribution >= 4 is 29.9 Å². The van der Waals surface area contributed by atoms with Crippen molar-refractivity contribution in [3.63, 3.8) is 0 Å². The lowest BCUT2D eigenvalue weighted by Gasteiger charge is -2.17. The molecule has 8 nitrogen and oxygen atoms in total. The second-order valence-electron chi connectivity index (χ2n) is 8.60. The van der Waals surface area contributed by atoms with Gasteiger partial charge in [0.15, 0.2) is 11.8 Å². The monoisotopic (exact) mass is 543 g/mol. The number of nitrogens with one attached hydrogen (secondary N) is 2. The Kier molecular flexibility index (Phi) is 9.54. The molecule has 1 aliphatic heterocycles. The highest BCUT2D eigenvalue weighted by atomic mass is 127. The third kappa shape index (κ3) is 7.64. The normalized spacial score (nSPS) is 16.7. The van der Waals surface area contributed by atoms with Crippen molar-refractivity contribution in [2.24, 2.45) is 4.99 Å². The average molecular weight is 543 g/mol. The summed E-state index contributed by atoms with van der Waals surface area (Å²) in [6, 6.07) is 6.23. The summed E-state index contributed by atoms with van der Waals surface area (Å²) in [7, 11) is 1.73. The third-order valence-electron chi connectivity index (χ3n) is 4.86. The summed E-state index contributed by atoms with van der Waals surface area (Å²) in [5.41, 5.74) is 2.06. The molecule has 1 saturated heterocycles. The van der Waals surface area contributed by atoms with Gasteiger partial charge in [0.05, 0.1) is 12.6 Å². The van der Waals surface area contributed by atoms with Crippen LogP contribution in [-0.4, -0.2) is 42.5 Å². The maximum atomic E-state index is 6.07. The molecule has 31 heavy (non-hydrogen) atoms. The second-order valence-corrected chi connectivity index (χ2v) is 8.60. The van der Waals surface area contributed by atoms with Crippen LogP contribution in [0, 0.1) is 6.92 Å². The molecule has 2 aromatic rings. The van der Waals surface area contributed by atoms with Gasteiger partial charge in [0, 0.05) is 31.2 Å². The van der Waals surface area contributed by atoms with Crippen LogP contribution in [-0.2, 0) is 23.2 Å². The first-order chi connectivity index (χ1) is 14.3. The van der Waals surface area contributed by atoms with E-state index in [1.165, 1.54) is 0 Å². The number of hydrogen-bond donors (Lipinski definition) is 2. The Morgan fingerprint density at radius 2 is 2.03 bits per heavy atom. The summed E-state index contributed by atoms with van der Waals surface area (Å²) in [4.78, 5) is 8.71.